The second kappa shape index (κ2) is 7.67. The lowest BCUT2D eigenvalue weighted by Gasteiger charge is -2.10. The number of fused-ring (bicyclic) bond motifs is 1. The minimum atomic E-state index is -0.120. The van der Waals surface area contributed by atoms with Crippen LogP contribution in [0, 0.1) is 10.8 Å². The standard InChI is InChI=1S/C18H20N6O2S/c1-9(2)26-18-23-14(7-15(24-18)25-3)12-8-22-13-5-4-10(6-11(12)13)16(19)27-17(20)21/h4-9,19,22H,1-3H3,(H3,20,21). The van der Waals surface area contributed by atoms with Gasteiger partial charge in [0.1, 0.15) is 5.04 Å². The number of H-pyrrole nitrogens is 1. The number of hydrogen-bond donors (Lipinski definition) is 4. The summed E-state index contributed by atoms with van der Waals surface area (Å²) < 4.78 is 10.9. The molecular formula is C18H20N6O2S. The first-order valence-electron chi connectivity index (χ1n) is 8.19. The number of thioether (sulfide) groups is 1. The summed E-state index contributed by atoms with van der Waals surface area (Å²) in [6, 6.07) is 7.54. The zero-order chi connectivity index (χ0) is 19.6. The molecule has 2 heterocycles. The Morgan fingerprint density at radius 3 is 2.67 bits per heavy atom. The minimum absolute atomic E-state index is 0.0661. The number of nitrogens with one attached hydrogen (secondary N) is 3. The number of methoxy groups -OCH3 is 1. The molecule has 27 heavy (non-hydrogen) atoms. The van der Waals surface area contributed by atoms with Gasteiger partial charge in [0.15, 0.2) is 5.17 Å². The molecule has 2 aromatic heterocycles. The maximum atomic E-state index is 8.10. The van der Waals surface area contributed by atoms with Crippen molar-refractivity contribution in [3.63, 3.8) is 0 Å². The van der Waals surface area contributed by atoms with E-state index in [4.69, 9.17) is 26.0 Å². The van der Waals surface area contributed by atoms with E-state index in [1.807, 2.05) is 38.2 Å². The number of ether oxygens (including phenoxy) is 2. The number of nitrogens with zero attached hydrogens (tertiary/aromatic N) is 2. The van der Waals surface area contributed by atoms with E-state index in [0.717, 1.165) is 28.2 Å². The average Bonchev–Trinajstić information content (AvgIpc) is 3.03. The van der Waals surface area contributed by atoms with E-state index in [2.05, 4.69) is 15.0 Å². The smallest absolute Gasteiger partial charge is 0.320 e. The molecule has 8 nitrogen and oxygen atoms in total. The van der Waals surface area contributed by atoms with Crippen LogP contribution in [0.3, 0.4) is 0 Å². The third-order valence-corrected chi connectivity index (χ3v) is 4.32. The molecule has 0 saturated heterocycles. The van der Waals surface area contributed by atoms with E-state index in [0.29, 0.717) is 17.1 Å². The molecule has 0 spiro atoms. The summed E-state index contributed by atoms with van der Waals surface area (Å²) in [7, 11) is 1.54. The van der Waals surface area contributed by atoms with Gasteiger partial charge in [-0.15, -0.1) is 0 Å². The van der Waals surface area contributed by atoms with Crippen molar-refractivity contribution in [1.82, 2.24) is 15.0 Å². The Balaban J connectivity index is 2.08. The maximum Gasteiger partial charge on any atom is 0.320 e. The number of aromatic nitrogens is 3. The quantitative estimate of drug-likeness (QED) is 0.393. The molecule has 0 radical (unpaired) electrons. The number of rotatable bonds is 5. The predicted molar refractivity (Wildman–Crippen MR) is 108 cm³/mol. The Hall–Kier alpha value is -3.07. The van der Waals surface area contributed by atoms with Crippen LogP contribution in [-0.2, 0) is 0 Å². The third kappa shape index (κ3) is 4.20. The second-order valence-corrected chi connectivity index (χ2v) is 7.06. The van der Waals surface area contributed by atoms with E-state index < -0.39 is 0 Å². The molecule has 140 valence electrons. The fourth-order valence-corrected chi connectivity index (χ4v) is 3.02. The zero-order valence-electron chi connectivity index (χ0n) is 15.2. The summed E-state index contributed by atoms with van der Waals surface area (Å²) in [5, 5.41) is 16.4. The van der Waals surface area contributed by atoms with Gasteiger partial charge in [-0.05, 0) is 37.7 Å². The molecule has 0 atom stereocenters. The molecular weight excluding hydrogens is 364 g/mol. The first-order valence-corrected chi connectivity index (χ1v) is 9.01. The van der Waals surface area contributed by atoms with E-state index >= 15 is 0 Å². The lowest BCUT2D eigenvalue weighted by molar-refractivity contribution is 0.219. The first-order chi connectivity index (χ1) is 12.9. The highest BCUT2D eigenvalue weighted by molar-refractivity contribution is 8.26. The minimum Gasteiger partial charge on any atom is -0.481 e. The van der Waals surface area contributed by atoms with Crippen LogP contribution in [0.2, 0.25) is 0 Å². The van der Waals surface area contributed by atoms with Crippen LogP contribution in [0.15, 0.2) is 30.5 Å². The summed E-state index contributed by atoms with van der Waals surface area (Å²) in [6.45, 7) is 3.80. The Morgan fingerprint density at radius 2 is 2.00 bits per heavy atom. The Morgan fingerprint density at radius 1 is 1.22 bits per heavy atom. The van der Waals surface area contributed by atoms with Crippen LogP contribution in [0.4, 0.5) is 0 Å². The number of nitrogens with two attached hydrogens (primary N) is 1. The molecule has 0 bridgehead atoms. The summed E-state index contributed by atoms with van der Waals surface area (Å²) in [6.07, 6.45) is 1.78. The van der Waals surface area contributed by atoms with Gasteiger partial charge in [0, 0.05) is 34.3 Å². The zero-order valence-corrected chi connectivity index (χ0v) is 16.0. The molecule has 3 rings (SSSR count). The summed E-state index contributed by atoms with van der Waals surface area (Å²) in [4.78, 5) is 11.9. The summed E-state index contributed by atoms with van der Waals surface area (Å²) >= 11 is 0.904. The van der Waals surface area contributed by atoms with Gasteiger partial charge in [-0.1, -0.05) is 6.07 Å². The van der Waals surface area contributed by atoms with Crippen LogP contribution in [-0.4, -0.2) is 38.4 Å². The van der Waals surface area contributed by atoms with Gasteiger partial charge in [-0.2, -0.15) is 9.97 Å². The van der Waals surface area contributed by atoms with Gasteiger partial charge in [0.25, 0.3) is 0 Å². The highest BCUT2D eigenvalue weighted by Crippen LogP contribution is 2.31. The fraction of sp³-hybridized carbons (Fsp3) is 0.222. The number of benzene rings is 1. The van der Waals surface area contributed by atoms with Crippen molar-refractivity contribution in [2.45, 2.75) is 20.0 Å². The van der Waals surface area contributed by atoms with Crippen LogP contribution in [0.25, 0.3) is 22.2 Å². The summed E-state index contributed by atoms with van der Waals surface area (Å²) in [5.74, 6) is 0.404. The molecule has 0 unspecified atom stereocenters. The van der Waals surface area contributed by atoms with Gasteiger partial charge in [0.05, 0.1) is 18.9 Å². The Kier molecular flexibility index (Phi) is 5.31. The molecule has 1 aromatic carbocycles. The second-order valence-electron chi connectivity index (χ2n) is 6.00. The molecule has 0 aliphatic heterocycles. The van der Waals surface area contributed by atoms with Crippen LogP contribution in [0.5, 0.6) is 11.9 Å². The van der Waals surface area contributed by atoms with Crippen molar-refractivity contribution in [2.24, 2.45) is 5.73 Å². The first kappa shape index (κ1) is 18.7. The van der Waals surface area contributed by atoms with E-state index in [1.165, 1.54) is 0 Å². The van der Waals surface area contributed by atoms with Crippen molar-refractivity contribution in [2.75, 3.05) is 7.11 Å². The van der Waals surface area contributed by atoms with Crippen LogP contribution in [0.1, 0.15) is 19.4 Å². The van der Waals surface area contributed by atoms with E-state index in [9.17, 15) is 0 Å². The normalized spacial score (nSPS) is 11.0. The Bertz CT molecular complexity index is 1010. The fourth-order valence-electron chi connectivity index (χ4n) is 2.55. The highest BCUT2D eigenvalue weighted by Gasteiger charge is 2.14. The average molecular weight is 384 g/mol. The number of aromatic amines is 1. The lowest BCUT2D eigenvalue weighted by Crippen LogP contribution is -2.09. The predicted octanol–water partition coefficient (Wildman–Crippen LogP) is 3.37. The van der Waals surface area contributed by atoms with Crippen LogP contribution < -0.4 is 15.2 Å². The van der Waals surface area contributed by atoms with E-state index in [1.54, 1.807) is 13.2 Å². The largest absolute Gasteiger partial charge is 0.481 e. The van der Waals surface area contributed by atoms with Crippen molar-refractivity contribution in [3.8, 4) is 23.1 Å². The molecule has 0 saturated carbocycles. The maximum absolute atomic E-state index is 8.10. The number of amidine groups is 1. The summed E-state index contributed by atoms with van der Waals surface area (Å²) in [5.41, 5.74) is 8.44. The van der Waals surface area contributed by atoms with Gasteiger partial charge < -0.3 is 20.2 Å². The molecule has 0 fully saturated rings. The number of hydrogen-bond acceptors (Lipinski definition) is 7. The molecule has 0 amide bonds. The molecule has 0 aliphatic carbocycles. The van der Waals surface area contributed by atoms with Gasteiger partial charge in [0.2, 0.25) is 5.88 Å². The van der Waals surface area contributed by atoms with Crippen LogP contribution >= 0.6 is 11.8 Å². The molecule has 0 aliphatic rings. The van der Waals surface area contributed by atoms with Gasteiger partial charge in [-0.25, -0.2) is 0 Å². The van der Waals surface area contributed by atoms with E-state index in [-0.39, 0.29) is 22.3 Å². The molecule has 9 heteroatoms. The van der Waals surface area contributed by atoms with Gasteiger partial charge in [-0.3, -0.25) is 10.8 Å². The SMILES string of the molecule is COc1cc(-c2c[nH]c3ccc(C(=N)SC(=N)N)cc23)nc(OC(C)C)n1. The van der Waals surface area contributed by atoms with Crippen molar-refractivity contribution >= 4 is 32.9 Å². The lowest BCUT2D eigenvalue weighted by atomic mass is 10.1. The molecule has 3 aromatic rings. The van der Waals surface area contributed by atoms with Crippen molar-refractivity contribution < 1.29 is 9.47 Å². The monoisotopic (exact) mass is 384 g/mol. The Labute approximate surface area is 160 Å². The van der Waals surface area contributed by atoms with Crippen molar-refractivity contribution in [1.29, 1.82) is 10.8 Å². The molecule has 5 N–H and O–H groups in total. The third-order valence-electron chi connectivity index (χ3n) is 3.66. The highest BCUT2D eigenvalue weighted by atomic mass is 32.2. The topological polar surface area (TPSA) is 134 Å². The van der Waals surface area contributed by atoms with Gasteiger partial charge >= 0.3 is 6.01 Å². The van der Waals surface area contributed by atoms with Crippen molar-refractivity contribution in [3.05, 3.63) is 36.0 Å².